The minimum atomic E-state index is 0. The van der Waals surface area contributed by atoms with E-state index in [1.54, 1.807) is 0 Å². The highest BCUT2D eigenvalue weighted by Gasteiger charge is 2.31. The summed E-state index contributed by atoms with van der Waals surface area (Å²) in [6, 6.07) is 1.14. The molecule has 4 rings (SSSR count). The molecule has 1 saturated carbocycles. The molecule has 1 aliphatic carbocycles. The Morgan fingerprint density at radius 2 is 1.80 bits per heavy atom. The van der Waals surface area contributed by atoms with Gasteiger partial charge in [-0.1, -0.05) is 19.3 Å². The molecule has 0 amide bonds. The molecule has 3 saturated heterocycles. The van der Waals surface area contributed by atoms with E-state index in [0.29, 0.717) is 18.0 Å². The number of hydrogen-bond acceptors (Lipinski definition) is 3. The third kappa shape index (κ3) is 4.21. The Morgan fingerprint density at radius 3 is 2.40 bits per heavy atom. The first-order chi connectivity index (χ1) is 9.31. The van der Waals surface area contributed by atoms with E-state index in [4.69, 9.17) is 5.73 Å². The maximum Gasteiger partial charge on any atom is 0.188 e. The Morgan fingerprint density at radius 1 is 1.10 bits per heavy atom. The van der Waals surface area contributed by atoms with Gasteiger partial charge >= 0.3 is 0 Å². The third-order valence-electron chi connectivity index (χ3n) is 4.82. The van der Waals surface area contributed by atoms with Crippen LogP contribution in [0, 0.1) is 0 Å². The number of fused-ring (bicyclic) bond motifs is 3. The van der Waals surface area contributed by atoms with Crippen LogP contribution in [0.3, 0.4) is 0 Å². The van der Waals surface area contributed by atoms with Gasteiger partial charge in [-0.15, -0.1) is 24.0 Å². The fourth-order valence-electron chi connectivity index (χ4n) is 3.60. The molecule has 4 aliphatic rings. The number of nitrogens with zero attached hydrogens (tertiary/aromatic N) is 3. The molecular weight excluding hydrogens is 365 g/mol. The monoisotopic (exact) mass is 393 g/mol. The predicted molar refractivity (Wildman–Crippen MR) is 93.7 cm³/mol. The quantitative estimate of drug-likeness (QED) is 0.424. The van der Waals surface area contributed by atoms with E-state index in [2.05, 4.69) is 20.1 Å². The molecule has 3 N–H and O–H groups in total. The number of guanidine groups is 1. The number of halogens is 1. The maximum absolute atomic E-state index is 6.03. The average Bonchev–Trinajstić information content (AvgIpc) is 2.47. The van der Waals surface area contributed by atoms with Crippen molar-refractivity contribution >= 4 is 29.9 Å². The van der Waals surface area contributed by atoms with Crippen LogP contribution in [0.25, 0.3) is 0 Å². The number of nitrogens with two attached hydrogens (primary N) is 1. The van der Waals surface area contributed by atoms with Crippen LogP contribution in [0.1, 0.15) is 32.1 Å². The van der Waals surface area contributed by atoms with Crippen molar-refractivity contribution in [2.75, 3.05) is 39.3 Å². The molecule has 0 radical (unpaired) electrons. The highest BCUT2D eigenvalue weighted by atomic mass is 127. The molecule has 1 unspecified atom stereocenters. The molecular formula is C14H28IN5. The Balaban J connectivity index is 0.00000147. The Hall–Kier alpha value is -0.0800. The Labute approximate surface area is 139 Å². The molecule has 5 nitrogen and oxygen atoms in total. The molecule has 0 aromatic carbocycles. The first-order valence-electron chi connectivity index (χ1n) is 7.84. The summed E-state index contributed by atoms with van der Waals surface area (Å²) in [5, 5.41) is 3.40. The van der Waals surface area contributed by atoms with E-state index in [9.17, 15) is 0 Å². The van der Waals surface area contributed by atoms with Gasteiger partial charge in [0.05, 0.1) is 6.54 Å². The van der Waals surface area contributed by atoms with Gasteiger partial charge in [-0.25, -0.2) is 0 Å². The fourth-order valence-corrected chi connectivity index (χ4v) is 3.60. The van der Waals surface area contributed by atoms with E-state index in [-0.39, 0.29) is 24.0 Å². The molecule has 2 bridgehead atoms. The second kappa shape index (κ2) is 7.79. The molecule has 3 heterocycles. The van der Waals surface area contributed by atoms with Crippen molar-refractivity contribution in [2.45, 2.75) is 44.2 Å². The van der Waals surface area contributed by atoms with E-state index < -0.39 is 0 Å². The van der Waals surface area contributed by atoms with Gasteiger partial charge in [0.2, 0.25) is 0 Å². The van der Waals surface area contributed by atoms with Gasteiger partial charge in [0.25, 0.3) is 0 Å². The number of nitrogens with one attached hydrogen (secondary N) is 1. The van der Waals surface area contributed by atoms with Gasteiger partial charge in [0.15, 0.2) is 5.96 Å². The van der Waals surface area contributed by atoms with Crippen molar-refractivity contribution in [2.24, 2.45) is 10.7 Å². The zero-order valence-corrected chi connectivity index (χ0v) is 14.6. The van der Waals surface area contributed by atoms with Crippen LogP contribution in [0.5, 0.6) is 0 Å². The van der Waals surface area contributed by atoms with E-state index in [0.717, 1.165) is 6.54 Å². The van der Waals surface area contributed by atoms with Crippen molar-refractivity contribution < 1.29 is 0 Å². The summed E-state index contributed by atoms with van der Waals surface area (Å²) >= 11 is 0. The first-order valence-corrected chi connectivity index (χ1v) is 7.84. The molecule has 116 valence electrons. The van der Waals surface area contributed by atoms with Gasteiger partial charge in [-0.05, 0) is 12.8 Å². The Kier molecular flexibility index (Phi) is 6.35. The summed E-state index contributed by atoms with van der Waals surface area (Å²) in [4.78, 5) is 9.69. The van der Waals surface area contributed by atoms with Gasteiger partial charge < -0.3 is 11.1 Å². The average molecular weight is 393 g/mol. The zero-order valence-electron chi connectivity index (χ0n) is 12.3. The van der Waals surface area contributed by atoms with Crippen molar-refractivity contribution in [1.29, 1.82) is 0 Å². The molecule has 0 aromatic rings. The zero-order chi connectivity index (χ0) is 13.1. The lowest BCUT2D eigenvalue weighted by molar-refractivity contribution is 0.0174. The van der Waals surface area contributed by atoms with Gasteiger partial charge in [-0.3, -0.25) is 14.8 Å². The molecule has 0 aromatic heterocycles. The highest BCUT2D eigenvalue weighted by molar-refractivity contribution is 14.0. The van der Waals surface area contributed by atoms with Crippen molar-refractivity contribution in [3.63, 3.8) is 0 Å². The van der Waals surface area contributed by atoms with Crippen LogP contribution >= 0.6 is 24.0 Å². The van der Waals surface area contributed by atoms with E-state index in [1.165, 1.54) is 64.8 Å². The van der Waals surface area contributed by atoms with Crippen LogP contribution in [0.15, 0.2) is 4.99 Å². The summed E-state index contributed by atoms with van der Waals surface area (Å²) < 4.78 is 0. The molecule has 6 heteroatoms. The third-order valence-corrected chi connectivity index (χ3v) is 4.82. The summed E-state index contributed by atoms with van der Waals surface area (Å²) in [6.45, 7) is 6.89. The normalized spacial score (nSPS) is 34.6. The fraction of sp³-hybridized carbons (Fsp3) is 0.929. The van der Waals surface area contributed by atoms with Crippen LogP contribution in [-0.2, 0) is 0 Å². The minimum absolute atomic E-state index is 0. The van der Waals surface area contributed by atoms with Crippen LogP contribution < -0.4 is 11.1 Å². The van der Waals surface area contributed by atoms with Crippen molar-refractivity contribution in [1.82, 2.24) is 15.1 Å². The van der Waals surface area contributed by atoms with Crippen LogP contribution in [0.4, 0.5) is 0 Å². The minimum Gasteiger partial charge on any atom is -0.370 e. The molecule has 3 aliphatic heterocycles. The van der Waals surface area contributed by atoms with Crippen molar-refractivity contribution in [3.8, 4) is 0 Å². The largest absolute Gasteiger partial charge is 0.370 e. The second-order valence-electron chi connectivity index (χ2n) is 6.20. The summed E-state index contributed by atoms with van der Waals surface area (Å²) in [5.74, 6) is 0.657. The van der Waals surface area contributed by atoms with Crippen LogP contribution in [-0.4, -0.2) is 67.1 Å². The number of rotatable bonds is 3. The molecule has 0 spiro atoms. The van der Waals surface area contributed by atoms with Gasteiger partial charge in [0, 0.05) is 44.8 Å². The van der Waals surface area contributed by atoms with Gasteiger partial charge in [-0.2, -0.15) is 0 Å². The lowest BCUT2D eigenvalue weighted by atomic mass is 9.96. The lowest BCUT2D eigenvalue weighted by Crippen LogP contribution is -2.62. The molecule has 4 fully saturated rings. The summed E-state index contributed by atoms with van der Waals surface area (Å²) in [7, 11) is 0. The second-order valence-corrected chi connectivity index (χ2v) is 6.20. The van der Waals surface area contributed by atoms with E-state index in [1.807, 2.05) is 0 Å². The highest BCUT2D eigenvalue weighted by Crippen LogP contribution is 2.17. The Bertz CT molecular complexity index is 322. The SMILES string of the molecule is I.NC(=NCC1CN2CCN1CC2)NC1CCCCC1. The predicted octanol–water partition coefficient (Wildman–Crippen LogP) is 0.841. The van der Waals surface area contributed by atoms with Gasteiger partial charge in [0.1, 0.15) is 0 Å². The first kappa shape index (κ1) is 16.3. The number of aliphatic imine (C=N–C) groups is 1. The molecule has 1 atom stereocenters. The standard InChI is InChI=1S/C14H27N5.HI/c15-14(17-12-4-2-1-3-5-12)16-10-13-11-18-6-8-19(13)9-7-18;/h12-13H,1-11H2,(H3,15,16,17);1H. The summed E-state index contributed by atoms with van der Waals surface area (Å²) in [5.41, 5.74) is 6.03. The summed E-state index contributed by atoms with van der Waals surface area (Å²) in [6.07, 6.45) is 6.54. The van der Waals surface area contributed by atoms with E-state index >= 15 is 0 Å². The lowest BCUT2D eigenvalue weighted by Gasteiger charge is -2.47. The maximum atomic E-state index is 6.03. The number of piperazine rings is 3. The van der Waals surface area contributed by atoms with Crippen molar-refractivity contribution in [3.05, 3.63) is 0 Å². The molecule has 20 heavy (non-hydrogen) atoms. The smallest absolute Gasteiger partial charge is 0.188 e. The van der Waals surface area contributed by atoms with Crippen LogP contribution in [0.2, 0.25) is 0 Å². The number of hydrogen-bond donors (Lipinski definition) is 2. The topological polar surface area (TPSA) is 56.9 Å².